The Balaban J connectivity index is 1.50. The highest BCUT2D eigenvalue weighted by Crippen LogP contribution is 2.40. The zero-order valence-electron chi connectivity index (χ0n) is 20.0. The summed E-state index contributed by atoms with van der Waals surface area (Å²) >= 11 is 4.52. The maximum atomic E-state index is 13.0. The molecular weight excluding hydrogens is 546 g/mol. The quantitative estimate of drug-likeness (QED) is 0.332. The van der Waals surface area contributed by atoms with Crippen molar-refractivity contribution in [2.75, 3.05) is 13.2 Å². The smallest absolute Gasteiger partial charge is 0.335 e. The van der Waals surface area contributed by atoms with Crippen molar-refractivity contribution in [3.05, 3.63) is 62.5 Å². The van der Waals surface area contributed by atoms with Crippen molar-refractivity contribution in [2.45, 2.75) is 45.6 Å². The van der Waals surface area contributed by atoms with E-state index in [1.807, 2.05) is 13.0 Å². The number of carboxylic acid groups (broad SMARTS) is 1. The molecule has 2 amide bonds. The SMILES string of the molecule is CCOc1cc(/C=C2/SC(=O)N(CC3CCCCC3)C2=O)cc(Br)c1OCc1ccc(C(=O)O)cc1. The Kier molecular flexibility index (Phi) is 8.74. The van der Waals surface area contributed by atoms with Crippen molar-refractivity contribution in [1.29, 1.82) is 0 Å². The molecule has 1 aliphatic carbocycles. The van der Waals surface area contributed by atoms with Crippen LogP contribution in [0.15, 0.2) is 45.8 Å². The lowest BCUT2D eigenvalue weighted by molar-refractivity contribution is -0.123. The Morgan fingerprint density at radius 2 is 1.86 bits per heavy atom. The van der Waals surface area contributed by atoms with E-state index in [4.69, 9.17) is 14.6 Å². The summed E-state index contributed by atoms with van der Waals surface area (Å²) in [5.41, 5.74) is 1.74. The molecule has 1 aliphatic heterocycles. The number of rotatable bonds is 9. The first kappa shape index (κ1) is 26.3. The van der Waals surface area contributed by atoms with Crippen molar-refractivity contribution in [2.24, 2.45) is 5.92 Å². The number of carboxylic acids is 1. The second kappa shape index (κ2) is 12.0. The Labute approximate surface area is 223 Å². The highest BCUT2D eigenvalue weighted by molar-refractivity contribution is 9.10. The molecule has 0 bridgehead atoms. The topological polar surface area (TPSA) is 93.1 Å². The van der Waals surface area contributed by atoms with Gasteiger partial charge in [-0.2, -0.15) is 0 Å². The lowest BCUT2D eigenvalue weighted by atomic mass is 9.89. The number of ether oxygens (including phenoxy) is 2. The fraction of sp³-hybridized carbons (Fsp3) is 0.370. The number of hydrogen-bond acceptors (Lipinski definition) is 6. The monoisotopic (exact) mass is 573 g/mol. The number of hydrogen-bond donors (Lipinski definition) is 1. The molecule has 0 spiro atoms. The summed E-state index contributed by atoms with van der Waals surface area (Å²) in [5.74, 6) is 0.173. The van der Waals surface area contributed by atoms with Crippen molar-refractivity contribution >= 4 is 50.9 Å². The summed E-state index contributed by atoms with van der Waals surface area (Å²) in [5, 5.41) is 8.85. The molecule has 2 aromatic carbocycles. The number of imide groups is 1. The van der Waals surface area contributed by atoms with Gasteiger partial charge in [-0.15, -0.1) is 0 Å². The van der Waals surface area contributed by atoms with Crippen LogP contribution < -0.4 is 9.47 Å². The van der Waals surface area contributed by atoms with Gasteiger partial charge in [0.2, 0.25) is 0 Å². The number of carbonyl (C=O) groups excluding carboxylic acids is 2. The number of nitrogens with zero attached hydrogens (tertiary/aromatic N) is 1. The van der Waals surface area contributed by atoms with Crippen molar-refractivity contribution in [3.8, 4) is 11.5 Å². The van der Waals surface area contributed by atoms with Gasteiger partial charge in [0.05, 0.1) is 21.5 Å². The second-order valence-electron chi connectivity index (χ2n) is 8.85. The third kappa shape index (κ3) is 6.31. The minimum atomic E-state index is -0.980. The molecule has 0 radical (unpaired) electrons. The fourth-order valence-corrected chi connectivity index (χ4v) is 5.83. The molecule has 2 fully saturated rings. The molecule has 9 heteroatoms. The maximum absolute atomic E-state index is 13.0. The molecule has 1 heterocycles. The van der Waals surface area contributed by atoms with Crippen LogP contribution in [0.3, 0.4) is 0 Å². The van der Waals surface area contributed by atoms with E-state index in [1.54, 1.807) is 24.3 Å². The summed E-state index contributed by atoms with van der Waals surface area (Å²) < 4.78 is 12.4. The van der Waals surface area contributed by atoms with Gasteiger partial charge >= 0.3 is 5.97 Å². The second-order valence-corrected chi connectivity index (χ2v) is 10.7. The highest BCUT2D eigenvalue weighted by atomic mass is 79.9. The number of benzene rings is 2. The fourth-order valence-electron chi connectivity index (χ4n) is 4.41. The molecule has 4 rings (SSSR count). The van der Waals surface area contributed by atoms with Crippen LogP contribution in [0.1, 0.15) is 60.5 Å². The van der Waals surface area contributed by atoms with Crippen LogP contribution in [0.25, 0.3) is 6.08 Å². The van der Waals surface area contributed by atoms with Crippen LogP contribution >= 0.6 is 27.7 Å². The van der Waals surface area contributed by atoms with Crippen LogP contribution in [-0.2, 0) is 11.4 Å². The lowest BCUT2D eigenvalue weighted by Gasteiger charge is -2.25. The summed E-state index contributed by atoms with van der Waals surface area (Å²) in [6.45, 7) is 3.00. The third-order valence-corrected chi connectivity index (χ3v) is 7.75. The molecular formula is C27H28BrNO6S. The largest absolute Gasteiger partial charge is 0.490 e. The molecule has 190 valence electrons. The molecule has 2 aliphatic rings. The van der Waals surface area contributed by atoms with Gasteiger partial charge in [-0.1, -0.05) is 31.4 Å². The van der Waals surface area contributed by atoms with E-state index in [1.165, 1.54) is 23.5 Å². The number of carbonyl (C=O) groups is 3. The zero-order chi connectivity index (χ0) is 25.7. The normalized spacial score (nSPS) is 17.6. The molecule has 36 heavy (non-hydrogen) atoms. The minimum Gasteiger partial charge on any atom is -0.490 e. The highest BCUT2D eigenvalue weighted by Gasteiger charge is 2.36. The van der Waals surface area contributed by atoms with Gasteiger partial charge in [0.1, 0.15) is 6.61 Å². The summed E-state index contributed by atoms with van der Waals surface area (Å²) in [6, 6.07) is 10.1. The predicted octanol–water partition coefficient (Wildman–Crippen LogP) is 6.74. The van der Waals surface area contributed by atoms with Crippen molar-refractivity contribution in [3.63, 3.8) is 0 Å². The number of aromatic carboxylic acids is 1. The standard InChI is InChI=1S/C27H28BrNO6S/c1-2-34-22-13-19(12-21(28)24(22)35-16-18-8-10-20(11-9-18)26(31)32)14-23-25(30)29(27(33)36-23)15-17-6-4-3-5-7-17/h8-14,17H,2-7,15-16H2,1H3,(H,31,32)/b23-14+. The van der Waals surface area contributed by atoms with Gasteiger partial charge < -0.3 is 14.6 Å². The van der Waals surface area contributed by atoms with Crippen molar-refractivity contribution < 1.29 is 29.0 Å². The van der Waals surface area contributed by atoms with Crippen molar-refractivity contribution in [1.82, 2.24) is 4.90 Å². The Morgan fingerprint density at radius 3 is 2.53 bits per heavy atom. The lowest BCUT2D eigenvalue weighted by Crippen LogP contribution is -2.34. The minimum absolute atomic E-state index is 0.211. The van der Waals surface area contributed by atoms with Crippen LogP contribution in [0, 0.1) is 5.92 Å². The summed E-state index contributed by atoms with van der Waals surface area (Å²) in [4.78, 5) is 38.4. The first-order valence-corrected chi connectivity index (χ1v) is 13.6. The zero-order valence-corrected chi connectivity index (χ0v) is 22.4. The van der Waals surface area contributed by atoms with E-state index in [0.717, 1.165) is 43.0 Å². The van der Waals surface area contributed by atoms with Crippen LogP contribution in [0.2, 0.25) is 0 Å². The molecule has 7 nitrogen and oxygen atoms in total. The number of thioether (sulfide) groups is 1. The number of amides is 2. The molecule has 2 aromatic rings. The van der Waals surface area contributed by atoms with Crippen LogP contribution in [-0.4, -0.2) is 40.3 Å². The Bertz CT molecular complexity index is 1170. The average Bonchev–Trinajstić information content (AvgIpc) is 3.12. The van der Waals surface area contributed by atoms with E-state index in [-0.39, 0.29) is 23.3 Å². The molecule has 0 aromatic heterocycles. The van der Waals surface area contributed by atoms with E-state index in [0.29, 0.717) is 45.5 Å². The van der Waals surface area contributed by atoms with Crippen LogP contribution in [0.5, 0.6) is 11.5 Å². The third-order valence-electron chi connectivity index (χ3n) is 6.25. The van der Waals surface area contributed by atoms with E-state index >= 15 is 0 Å². The van der Waals surface area contributed by atoms with E-state index in [2.05, 4.69) is 15.9 Å². The van der Waals surface area contributed by atoms with Gasteiger partial charge in [-0.3, -0.25) is 14.5 Å². The van der Waals surface area contributed by atoms with Gasteiger partial charge in [0, 0.05) is 6.54 Å². The molecule has 0 unspecified atom stereocenters. The molecule has 1 N–H and O–H groups in total. The Morgan fingerprint density at radius 1 is 1.14 bits per heavy atom. The number of halogens is 1. The first-order chi connectivity index (χ1) is 17.4. The summed E-state index contributed by atoms with van der Waals surface area (Å²) in [7, 11) is 0. The predicted molar refractivity (Wildman–Crippen MR) is 142 cm³/mol. The average molecular weight is 574 g/mol. The Hall–Kier alpha value is -2.78. The summed E-state index contributed by atoms with van der Waals surface area (Å²) in [6.07, 6.45) is 7.40. The maximum Gasteiger partial charge on any atom is 0.335 e. The van der Waals surface area contributed by atoms with Gasteiger partial charge in [0.15, 0.2) is 11.5 Å². The van der Waals surface area contributed by atoms with E-state index < -0.39 is 5.97 Å². The first-order valence-electron chi connectivity index (χ1n) is 12.0. The molecule has 1 saturated carbocycles. The van der Waals surface area contributed by atoms with Gasteiger partial charge in [-0.05, 0) is 94.8 Å². The van der Waals surface area contributed by atoms with Gasteiger partial charge in [0.25, 0.3) is 11.1 Å². The van der Waals surface area contributed by atoms with Crippen LogP contribution in [0.4, 0.5) is 4.79 Å². The van der Waals surface area contributed by atoms with E-state index in [9.17, 15) is 14.4 Å². The van der Waals surface area contributed by atoms with Gasteiger partial charge in [-0.25, -0.2) is 4.79 Å². The molecule has 1 saturated heterocycles. The molecule has 0 atom stereocenters.